The summed E-state index contributed by atoms with van der Waals surface area (Å²) in [5, 5.41) is 3.65. The van der Waals surface area contributed by atoms with Crippen LogP contribution in [0.5, 0.6) is 0 Å². The van der Waals surface area contributed by atoms with Crippen molar-refractivity contribution < 1.29 is 4.79 Å². The van der Waals surface area contributed by atoms with Crippen LogP contribution in [-0.2, 0) is 5.33 Å². The van der Waals surface area contributed by atoms with Crippen LogP contribution in [0.4, 0.5) is 0 Å². The molecule has 70 valence electrons. The Hall–Kier alpha value is -0.610. The van der Waals surface area contributed by atoms with E-state index in [2.05, 4.69) is 26.2 Å². The summed E-state index contributed by atoms with van der Waals surface area (Å²) in [5.74, 6) is -0.233. The number of hydrogen-bond acceptors (Lipinski definition) is 2. The summed E-state index contributed by atoms with van der Waals surface area (Å²) in [6.07, 6.45) is 1.58. The number of alkyl halides is 1. The fraction of sp³-hybridized carbons (Fsp3) is 0.250. The van der Waals surface area contributed by atoms with Gasteiger partial charge in [-0.2, -0.15) is 0 Å². The molecule has 0 aliphatic rings. The Morgan fingerprint density at radius 3 is 2.92 bits per heavy atom. The molecule has 0 radical (unpaired) electrons. The minimum Gasteiger partial charge on any atom is -0.354 e. The second kappa shape index (κ2) is 4.58. The van der Waals surface area contributed by atoms with Gasteiger partial charge in [0.25, 0.3) is 5.91 Å². The molecule has 13 heavy (non-hydrogen) atoms. The van der Waals surface area contributed by atoms with Gasteiger partial charge in [0, 0.05) is 23.6 Å². The SMILES string of the molecule is CNC(=O)c1cc(Cl)c(CBr)cn1. The Bertz CT molecular complexity index is 330. The molecular formula is C8H8BrClN2O. The van der Waals surface area contributed by atoms with Crippen LogP contribution in [0.3, 0.4) is 0 Å². The Morgan fingerprint density at radius 1 is 1.77 bits per heavy atom. The van der Waals surface area contributed by atoms with Gasteiger partial charge < -0.3 is 5.32 Å². The number of nitrogens with zero attached hydrogens (tertiary/aromatic N) is 1. The summed E-state index contributed by atoms with van der Waals surface area (Å²) < 4.78 is 0. The zero-order chi connectivity index (χ0) is 9.84. The van der Waals surface area contributed by atoms with Gasteiger partial charge in [-0.15, -0.1) is 0 Å². The molecule has 1 rings (SSSR count). The van der Waals surface area contributed by atoms with Crippen LogP contribution >= 0.6 is 27.5 Å². The summed E-state index contributed by atoms with van der Waals surface area (Å²) in [5.41, 5.74) is 1.20. The first kappa shape index (κ1) is 10.5. The van der Waals surface area contributed by atoms with Crippen LogP contribution in [0.1, 0.15) is 16.1 Å². The molecule has 0 aliphatic heterocycles. The second-order valence-corrected chi connectivity index (χ2v) is 3.34. The number of aromatic nitrogens is 1. The lowest BCUT2D eigenvalue weighted by molar-refractivity contribution is 0.0958. The largest absolute Gasteiger partial charge is 0.354 e. The fourth-order valence-corrected chi connectivity index (χ4v) is 1.64. The Balaban J connectivity index is 3.02. The minimum atomic E-state index is -0.233. The number of hydrogen-bond donors (Lipinski definition) is 1. The second-order valence-electron chi connectivity index (χ2n) is 2.37. The molecule has 0 unspecified atom stereocenters. The summed E-state index contributed by atoms with van der Waals surface area (Å²) in [6.45, 7) is 0. The van der Waals surface area contributed by atoms with Crippen LogP contribution in [0.2, 0.25) is 5.02 Å². The van der Waals surface area contributed by atoms with Gasteiger partial charge in [0.15, 0.2) is 0 Å². The first-order valence-corrected chi connectivity index (χ1v) is 5.11. The average Bonchev–Trinajstić information content (AvgIpc) is 2.16. The quantitative estimate of drug-likeness (QED) is 0.829. The van der Waals surface area contributed by atoms with Crippen molar-refractivity contribution in [1.82, 2.24) is 10.3 Å². The topological polar surface area (TPSA) is 42.0 Å². The first-order chi connectivity index (χ1) is 6.19. The molecular weight excluding hydrogens is 255 g/mol. The van der Waals surface area contributed by atoms with E-state index in [1.54, 1.807) is 19.3 Å². The maximum absolute atomic E-state index is 11.1. The molecule has 0 aliphatic carbocycles. The standard InChI is InChI=1S/C8H8BrClN2O/c1-11-8(13)7-2-6(10)5(3-9)4-12-7/h2,4H,3H2,1H3,(H,11,13). The van der Waals surface area contributed by atoms with E-state index in [1.165, 1.54) is 0 Å². The molecule has 3 nitrogen and oxygen atoms in total. The van der Waals surface area contributed by atoms with Crippen LogP contribution in [0.15, 0.2) is 12.3 Å². The maximum atomic E-state index is 11.1. The maximum Gasteiger partial charge on any atom is 0.269 e. The van der Waals surface area contributed by atoms with Gasteiger partial charge in [0.1, 0.15) is 5.69 Å². The first-order valence-electron chi connectivity index (χ1n) is 3.61. The highest BCUT2D eigenvalue weighted by Crippen LogP contribution is 2.18. The summed E-state index contributed by atoms with van der Waals surface area (Å²) >= 11 is 9.14. The molecule has 0 spiro atoms. The number of carbonyl (C=O) groups excluding carboxylic acids is 1. The molecule has 0 atom stereocenters. The minimum absolute atomic E-state index is 0.233. The molecule has 1 aromatic heterocycles. The van der Waals surface area contributed by atoms with Gasteiger partial charge in [-0.05, 0) is 11.6 Å². The smallest absolute Gasteiger partial charge is 0.269 e. The third-order valence-corrected chi connectivity index (χ3v) is 2.49. The van der Waals surface area contributed by atoms with Crippen molar-refractivity contribution in [1.29, 1.82) is 0 Å². The fourth-order valence-electron chi connectivity index (χ4n) is 0.810. The highest BCUT2D eigenvalue weighted by Gasteiger charge is 2.07. The van der Waals surface area contributed by atoms with E-state index in [-0.39, 0.29) is 5.91 Å². The molecule has 0 bridgehead atoms. The Labute approximate surface area is 89.6 Å². The lowest BCUT2D eigenvalue weighted by Gasteiger charge is -2.02. The molecule has 5 heteroatoms. The van der Waals surface area contributed by atoms with Crippen LogP contribution in [0, 0.1) is 0 Å². The van der Waals surface area contributed by atoms with Crippen molar-refractivity contribution in [3.05, 3.63) is 28.5 Å². The number of rotatable bonds is 2. The van der Waals surface area contributed by atoms with E-state index < -0.39 is 0 Å². The predicted octanol–water partition coefficient (Wildman–Crippen LogP) is 1.99. The lowest BCUT2D eigenvalue weighted by atomic mass is 10.2. The average molecular weight is 264 g/mol. The van der Waals surface area contributed by atoms with E-state index in [9.17, 15) is 4.79 Å². The molecule has 1 aromatic rings. The van der Waals surface area contributed by atoms with E-state index >= 15 is 0 Å². The van der Waals surface area contributed by atoms with Gasteiger partial charge >= 0.3 is 0 Å². The highest BCUT2D eigenvalue weighted by atomic mass is 79.9. The van der Waals surface area contributed by atoms with Crippen molar-refractivity contribution in [3.63, 3.8) is 0 Å². The van der Waals surface area contributed by atoms with Crippen molar-refractivity contribution in [3.8, 4) is 0 Å². The normalized spacial score (nSPS) is 9.77. The third kappa shape index (κ3) is 2.42. The van der Waals surface area contributed by atoms with Crippen LogP contribution in [-0.4, -0.2) is 17.9 Å². The molecule has 0 aromatic carbocycles. The Kier molecular flexibility index (Phi) is 3.69. The van der Waals surface area contributed by atoms with E-state index in [4.69, 9.17) is 11.6 Å². The molecule has 0 saturated carbocycles. The van der Waals surface area contributed by atoms with Crippen molar-refractivity contribution >= 4 is 33.4 Å². The number of pyridine rings is 1. The van der Waals surface area contributed by atoms with Crippen LogP contribution < -0.4 is 5.32 Å². The number of carbonyl (C=O) groups is 1. The lowest BCUT2D eigenvalue weighted by Crippen LogP contribution is -2.19. The highest BCUT2D eigenvalue weighted by molar-refractivity contribution is 9.08. The van der Waals surface area contributed by atoms with Gasteiger partial charge in [-0.25, -0.2) is 0 Å². The monoisotopic (exact) mass is 262 g/mol. The zero-order valence-electron chi connectivity index (χ0n) is 6.97. The molecule has 1 amide bonds. The summed E-state index contributed by atoms with van der Waals surface area (Å²) in [4.78, 5) is 15.1. The zero-order valence-corrected chi connectivity index (χ0v) is 9.32. The molecule has 1 N–H and O–H groups in total. The third-order valence-electron chi connectivity index (χ3n) is 1.53. The Morgan fingerprint density at radius 2 is 2.46 bits per heavy atom. The van der Waals surface area contributed by atoms with Crippen molar-refractivity contribution in [2.24, 2.45) is 0 Å². The van der Waals surface area contributed by atoms with E-state index in [1.807, 2.05) is 0 Å². The van der Waals surface area contributed by atoms with Gasteiger partial charge in [0.2, 0.25) is 0 Å². The summed E-state index contributed by atoms with van der Waals surface area (Å²) in [6, 6.07) is 1.55. The van der Waals surface area contributed by atoms with Gasteiger partial charge in [0.05, 0.1) is 0 Å². The number of amides is 1. The predicted molar refractivity (Wildman–Crippen MR) is 55.3 cm³/mol. The molecule has 0 saturated heterocycles. The van der Waals surface area contributed by atoms with Gasteiger partial charge in [-0.3, -0.25) is 9.78 Å². The van der Waals surface area contributed by atoms with Crippen molar-refractivity contribution in [2.75, 3.05) is 7.05 Å². The molecule has 1 heterocycles. The number of nitrogens with one attached hydrogen (secondary N) is 1. The number of halogens is 2. The summed E-state index contributed by atoms with van der Waals surface area (Å²) in [7, 11) is 1.55. The van der Waals surface area contributed by atoms with Crippen LogP contribution in [0.25, 0.3) is 0 Å². The van der Waals surface area contributed by atoms with E-state index in [0.717, 1.165) is 5.56 Å². The van der Waals surface area contributed by atoms with Crippen molar-refractivity contribution in [2.45, 2.75) is 5.33 Å². The molecule has 0 fully saturated rings. The van der Waals surface area contributed by atoms with E-state index in [0.29, 0.717) is 16.0 Å². The van der Waals surface area contributed by atoms with Gasteiger partial charge in [-0.1, -0.05) is 27.5 Å².